The number of anilines is 1. The van der Waals surface area contributed by atoms with Gasteiger partial charge in [-0.05, 0) is 55.2 Å². The standard InChI is InChI=1S/C21H27N3O3/c1-5-14(2)23-20-7-6-16(12-22-20)21(25)24-9-8-15-10-18(26-3)19(27-4)11-17(15)13-24/h6-7,10-12,14H,5,8-9,13H2,1-4H3,(H,22,23). The largest absolute Gasteiger partial charge is 0.493 e. The Bertz CT molecular complexity index is 805. The van der Waals surface area contributed by atoms with E-state index in [1.807, 2.05) is 29.2 Å². The summed E-state index contributed by atoms with van der Waals surface area (Å²) in [6, 6.07) is 8.03. The molecule has 2 heterocycles. The molecule has 1 amide bonds. The number of hydrogen-bond acceptors (Lipinski definition) is 5. The third-order valence-electron chi connectivity index (χ3n) is 5.02. The number of carbonyl (C=O) groups excluding carboxylic acids is 1. The molecule has 6 nitrogen and oxygen atoms in total. The van der Waals surface area contributed by atoms with Crippen LogP contribution in [0.3, 0.4) is 0 Å². The Morgan fingerprint density at radius 2 is 1.93 bits per heavy atom. The molecule has 2 aromatic rings. The Morgan fingerprint density at radius 1 is 1.22 bits per heavy atom. The average Bonchev–Trinajstić information content (AvgIpc) is 2.72. The van der Waals surface area contributed by atoms with Crippen molar-refractivity contribution in [3.05, 3.63) is 47.2 Å². The molecule has 6 heteroatoms. The molecule has 0 spiro atoms. The lowest BCUT2D eigenvalue weighted by atomic mass is 9.98. The second-order valence-electron chi connectivity index (χ2n) is 6.84. The van der Waals surface area contributed by atoms with Gasteiger partial charge in [-0.25, -0.2) is 4.98 Å². The summed E-state index contributed by atoms with van der Waals surface area (Å²) in [6.07, 6.45) is 3.46. The van der Waals surface area contributed by atoms with E-state index in [0.29, 0.717) is 30.4 Å². The van der Waals surface area contributed by atoms with Gasteiger partial charge >= 0.3 is 0 Å². The monoisotopic (exact) mass is 369 g/mol. The third kappa shape index (κ3) is 4.15. The van der Waals surface area contributed by atoms with Crippen LogP contribution in [0.2, 0.25) is 0 Å². The second-order valence-corrected chi connectivity index (χ2v) is 6.84. The number of amides is 1. The van der Waals surface area contributed by atoms with Gasteiger partial charge in [0, 0.05) is 25.3 Å². The van der Waals surface area contributed by atoms with Crippen LogP contribution in [0.15, 0.2) is 30.5 Å². The van der Waals surface area contributed by atoms with Crippen molar-refractivity contribution in [3.63, 3.8) is 0 Å². The molecule has 1 atom stereocenters. The first-order valence-electron chi connectivity index (χ1n) is 9.31. The highest BCUT2D eigenvalue weighted by Gasteiger charge is 2.24. The van der Waals surface area contributed by atoms with Gasteiger partial charge in [0.15, 0.2) is 11.5 Å². The van der Waals surface area contributed by atoms with Gasteiger partial charge < -0.3 is 19.7 Å². The van der Waals surface area contributed by atoms with Crippen LogP contribution in [0.25, 0.3) is 0 Å². The van der Waals surface area contributed by atoms with Gasteiger partial charge in [-0.15, -0.1) is 0 Å². The second kappa shape index (κ2) is 8.29. The fourth-order valence-electron chi connectivity index (χ4n) is 3.20. The van der Waals surface area contributed by atoms with Crippen molar-refractivity contribution in [1.29, 1.82) is 0 Å². The van der Waals surface area contributed by atoms with Crippen molar-refractivity contribution in [1.82, 2.24) is 9.88 Å². The van der Waals surface area contributed by atoms with Crippen LogP contribution < -0.4 is 14.8 Å². The molecule has 27 heavy (non-hydrogen) atoms. The van der Waals surface area contributed by atoms with E-state index in [-0.39, 0.29) is 5.91 Å². The van der Waals surface area contributed by atoms with Gasteiger partial charge in [-0.1, -0.05) is 6.92 Å². The molecule has 1 aliphatic heterocycles. The van der Waals surface area contributed by atoms with Crippen molar-refractivity contribution in [2.24, 2.45) is 0 Å². The fraction of sp³-hybridized carbons (Fsp3) is 0.429. The number of benzene rings is 1. The van der Waals surface area contributed by atoms with Crippen molar-refractivity contribution >= 4 is 11.7 Å². The smallest absolute Gasteiger partial charge is 0.255 e. The summed E-state index contributed by atoms with van der Waals surface area (Å²) in [4.78, 5) is 19.1. The van der Waals surface area contributed by atoms with Crippen LogP contribution in [-0.4, -0.2) is 42.6 Å². The number of nitrogens with one attached hydrogen (secondary N) is 1. The number of aromatic nitrogens is 1. The van der Waals surface area contributed by atoms with E-state index in [2.05, 4.69) is 24.1 Å². The highest BCUT2D eigenvalue weighted by molar-refractivity contribution is 5.94. The molecule has 144 valence electrons. The first-order chi connectivity index (χ1) is 13.0. The van der Waals surface area contributed by atoms with Crippen LogP contribution in [-0.2, 0) is 13.0 Å². The summed E-state index contributed by atoms with van der Waals surface area (Å²) in [7, 11) is 3.26. The first-order valence-corrected chi connectivity index (χ1v) is 9.31. The zero-order valence-corrected chi connectivity index (χ0v) is 16.4. The van der Waals surface area contributed by atoms with E-state index in [0.717, 1.165) is 30.0 Å². The number of rotatable bonds is 6. The van der Waals surface area contributed by atoms with Gasteiger partial charge in [-0.3, -0.25) is 4.79 Å². The first kappa shape index (κ1) is 19.0. The molecule has 1 unspecified atom stereocenters. The normalized spacial score (nSPS) is 14.3. The number of pyridine rings is 1. The quantitative estimate of drug-likeness (QED) is 0.844. The third-order valence-corrected chi connectivity index (χ3v) is 5.02. The molecule has 0 bridgehead atoms. The molecule has 0 saturated carbocycles. The molecular weight excluding hydrogens is 342 g/mol. The van der Waals surface area contributed by atoms with Gasteiger partial charge in [0.1, 0.15) is 5.82 Å². The van der Waals surface area contributed by atoms with Gasteiger partial charge in [0.2, 0.25) is 0 Å². The number of ether oxygens (including phenoxy) is 2. The Morgan fingerprint density at radius 3 is 2.52 bits per heavy atom. The average molecular weight is 369 g/mol. The minimum atomic E-state index is -0.00183. The van der Waals surface area contributed by atoms with Crippen molar-refractivity contribution < 1.29 is 14.3 Å². The number of carbonyl (C=O) groups is 1. The van der Waals surface area contributed by atoms with Crippen LogP contribution >= 0.6 is 0 Å². The molecule has 0 saturated heterocycles. The van der Waals surface area contributed by atoms with Crippen molar-refractivity contribution in [2.45, 2.75) is 39.3 Å². The Kier molecular flexibility index (Phi) is 5.84. The molecule has 1 aromatic carbocycles. The summed E-state index contributed by atoms with van der Waals surface area (Å²) in [5, 5.41) is 3.31. The molecular formula is C21H27N3O3. The van der Waals surface area contributed by atoms with Crippen molar-refractivity contribution in [2.75, 3.05) is 26.1 Å². The lowest BCUT2D eigenvalue weighted by molar-refractivity contribution is 0.0734. The van der Waals surface area contributed by atoms with Gasteiger partial charge in [0.25, 0.3) is 5.91 Å². The number of methoxy groups -OCH3 is 2. The molecule has 3 rings (SSSR count). The Labute approximate surface area is 160 Å². The van der Waals surface area contributed by atoms with E-state index >= 15 is 0 Å². The number of fused-ring (bicyclic) bond motifs is 1. The molecule has 0 aliphatic carbocycles. The number of hydrogen-bond donors (Lipinski definition) is 1. The van der Waals surface area contributed by atoms with Gasteiger partial charge in [-0.2, -0.15) is 0 Å². The summed E-state index contributed by atoms with van der Waals surface area (Å²) < 4.78 is 10.8. The predicted molar refractivity (Wildman–Crippen MR) is 106 cm³/mol. The maximum absolute atomic E-state index is 12.9. The van der Waals surface area contributed by atoms with Crippen LogP contribution in [0.1, 0.15) is 41.8 Å². The van der Waals surface area contributed by atoms with E-state index in [4.69, 9.17) is 9.47 Å². The Hall–Kier alpha value is -2.76. The van der Waals surface area contributed by atoms with E-state index in [1.54, 1.807) is 20.4 Å². The molecule has 1 N–H and O–H groups in total. The number of nitrogens with zero attached hydrogens (tertiary/aromatic N) is 2. The zero-order valence-electron chi connectivity index (χ0n) is 16.4. The van der Waals surface area contributed by atoms with Crippen LogP contribution in [0, 0.1) is 0 Å². The van der Waals surface area contributed by atoms with E-state index < -0.39 is 0 Å². The topological polar surface area (TPSA) is 63.7 Å². The highest BCUT2D eigenvalue weighted by atomic mass is 16.5. The van der Waals surface area contributed by atoms with E-state index in [1.165, 1.54) is 5.56 Å². The van der Waals surface area contributed by atoms with Crippen LogP contribution in [0.4, 0.5) is 5.82 Å². The maximum atomic E-state index is 12.9. The fourth-order valence-corrected chi connectivity index (χ4v) is 3.20. The molecule has 0 radical (unpaired) electrons. The van der Waals surface area contributed by atoms with E-state index in [9.17, 15) is 4.79 Å². The molecule has 1 aliphatic rings. The lowest BCUT2D eigenvalue weighted by Gasteiger charge is -2.29. The summed E-state index contributed by atoms with van der Waals surface area (Å²) in [5.41, 5.74) is 2.90. The highest BCUT2D eigenvalue weighted by Crippen LogP contribution is 2.33. The minimum Gasteiger partial charge on any atom is -0.493 e. The zero-order chi connectivity index (χ0) is 19.4. The maximum Gasteiger partial charge on any atom is 0.255 e. The molecule has 0 fully saturated rings. The summed E-state index contributed by atoms with van der Waals surface area (Å²) in [5.74, 6) is 2.21. The Balaban J connectivity index is 1.73. The van der Waals surface area contributed by atoms with Crippen molar-refractivity contribution in [3.8, 4) is 11.5 Å². The van der Waals surface area contributed by atoms with Crippen LogP contribution in [0.5, 0.6) is 11.5 Å². The summed E-state index contributed by atoms with van der Waals surface area (Å²) >= 11 is 0. The minimum absolute atomic E-state index is 0.00183. The lowest BCUT2D eigenvalue weighted by Crippen LogP contribution is -2.36. The SMILES string of the molecule is CCC(C)Nc1ccc(C(=O)N2CCc3cc(OC)c(OC)cc3C2)cn1. The molecule has 1 aromatic heterocycles. The predicted octanol–water partition coefficient (Wildman–Crippen LogP) is 3.51. The van der Waals surface area contributed by atoms with Gasteiger partial charge in [0.05, 0.1) is 19.8 Å². The summed E-state index contributed by atoms with van der Waals surface area (Å²) in [6.45, 7) is 5.46.